The first-order valence-electron chi connectivity index (χ1n) is 6.26. The third kappa shape index (κ3) is 11.4. The monoisotopic (exact) mass is 380 g/mol. The van der Waals surface area contributed by atoms with Crippen LogP contribution in [-0.4, -0.2) is 99.1 Å². The summed E-state index contributed by atoms with van der Waals surface area (Å²) < 4.78 is 0. The van der Waals surface area contributed by atoms with Crippen LogP contribution in [-0.2, 0) is 19.2 Å². The first-order valence-corrected chi connectivity index (χ1v) is 6.26. The van der Waals surface area contributed by atoms with E-state index >= 15 is 0 Å². The van der Waals surface area contributed by atoms with Gasteiger partial charge in [-0.1, -0.05) is 0 Å². The number of hydrogen-bond acceptors (Lipinski definition) is 10. The molecule has 0 saturated carbocycles. The Hall–Kier alpha value is -3.20. The first-order chi connectivity index (χ1) is 11.9. The molecule has 1 heterocycles. The second kappa shape index (κ2) is 13.1. The SMILES string of the molecule is O=C(O)[C@@H](O)[C@H](O)C(=O)O.O=C(O)[C@H](O)[C@@H](O)C(=O)O.c1cnccn1. The van der Waals surface area contributed by atoms with Gasteiger partial charge in [-0.3, -0.25) is 9.97 Å². The van der Waals surface area contributed by atoms with E-state index in [1.165, 1.54) is 0 Å². The molecule has 0 aliphatic rings. The van der Waals surface area contributed by atoms with Crippen molar-refractivity contribution >= 4 is 23.9 Å². The molecule has 0 bridgehead atoms. The van der Waals surface area contributed by atoms with Gasteiger partial charge in [-0.25, -0.2) is 19.2 Å². The van der Waals surface area contributed by atoms with Gasteiger partial charge in [0.15, 0.2) is 24.4 Å². The van der Waals surface area contributed by atoms with Gasteiger partial charge in [-0.05, 0) is 0 Å². The molecule has 26 heavy (non-hydrogen) atoms. The summed E-state index contributed by atoms with van der Waals surface area (Å²) in [4.78, 5) is 46.5. The number of carboxylic acid groups (broad SMARTS) is 4. The zero-order valence-electron chi connectivity index (χ0n) is 12.7. The zero-order chi connectivity index (χ0) is 20.9. The lowest BCUT2D eigenvalue weighted by Gasteiger charge is -2.07. The Labute approximate surface area is 144 Å². The predicted molar refractivity (Wildman–Crippen MR) is 76.6 cm³/mol. The molecule has 1 rings (SSSR count). The topological polar surface area (TPSA) is 256 Å². The molecule has 1 aromatic heterocycles. The van der Waals surface area contributed by atoms with Crippen LogP contribution in [0, 0.1) is 0 Å². The van der Waals surface area contributed by atoms with Gasteiger partial charge in [0.1, 0.15) is 0 Å². The van der Waals surface area contributed by atoms with Crippen molar-refractivity contribution in [3.8, 4) is 0 Å². The number of aliphatic hydroxyl groups is 4. The lowest BCUT2D eigenvalue weighted by molar-refractivity contribution is -0.165. The summed E-state index contributed by atoms with van der Waals surface area (Å²) in [5, 5.41) is 65.1. The largest absolute Gasteiger partial charge is 0.479 e. The van der Waals surface area contributed by atoms with Gasteiger partial charge in [0.25, 0.3) is 0 Å². The van der Waals surface area contributed by atoms with Gasteiger partial charge < -0.3 is 40.9 Å². The van der Waals surface area contributed by atoms with Crippen LogP contribution in [0.3, 0.4) is 0 Å². The summed E-state index contributed by atoms with van der Waals surface area (Å²) in [5.74, 6) is -7.07. The average Bonchev–Trinajstić information content (AvgIpc) is 2.61. The molecule has 8 N–H and O–H groups in total. The van der Waals surface area contributed by atoms with Crippen LogP contribution >= 0.6 is 0 Å². The Morgan fingerprint density at radius 2 is 0.654 bits per heavy atom. The molecule has 14 nitrogen and oxygen atoms in total. The van der Waals surface area contributed by atoms with E-state index in [4.69, 9.17) is 40.9 Å². The van der Waals surface area contributed by atoms with Gasteiger partial charge in [0, 0.05) is 24.8 Å². The molecule has 0 aliphatic carbocycles. The number of aromatic nitrogens is 2. The van der Waals surface area contributed by atoms with Crippen molar-refractivity contribution in [2.24, 2.45) is 0 Å². The van der Waals surface area contributed by atoms with E-state index in [0.29, 0.717) is 0 Å². The standard InChI is InChI=1S/C4H4N2.2C4H6O6/c1-2-6-4-3-5-1;2*5-1(3(7)8)2(6)4(9)10/h1-4H;2*1-2,5-6H,(H,7,8)(H,9,10)/t;2*1-,2-/m.10/s1. The lowest BCUT2D eigenvalue weighted by atomic mass is 10.2. The van der Waals surface area contributed by atoms with Crippen LogP contribution in [0.4, 0.5) is 0 Å². The van der Waals surface area contributed by atoms with E-state index in [2.05, 4.69) is 9.97 Å². The highest BCUT2D eigenvalue weighted by Crippen LogP contribution is 1.93. The summed E-state index contributed by atoms with van der Waals surface area (Å²) >= 11 is 0. The van der Waals surface area contributed by atoms with Crippen LogP contribution in [0.25, 0.3) is 0 Å². The number of rotatable bonds is 6. The average molecular weight is 380 g/mol. The molecule has 0 spiro atoms. The smallest absolute Gasteiger partial charge is 0.335 e. The van der Waals surface area contributed by atoms with Gasteiger partial charge in [-0.15, -0.1) is 0 Å². The van der Waals surface area contributed by atoms with Gasteiger partial charge in [-0.2, -0.15) is 0 Å². The molecule has 1 aromatic rings. The fraction of sp³-hybridized carbons (Fsp3) is 0.333. The molecule has 0 saturated heterocycles. The summed E-state index contributed by atoms with van der Waals surface area (Å²) in [6.07, 6.45) is -2.51. The van der Waals surface area contributed by atoms with E-state index < -0.39 is 48.3 Å². The maximum absolute atomic E-state index is 9.77. The summed E-state index contributed by atoms with van der Waals surface area (Å²) in [6.45, 7) is 0. The number of aliphatic hydroxyl groups excluding tert-OH is 4. The number of carbonyl (C=O) groups is 4. The van der Waals surface area contributed by atoms with E-state index in [1.54, 1.807) is 24.8 Å². The molecular weight excluding hydrogens is 364 g/mol. The summed E-state index contributed by atoms with van der Waals surface area (Å²) in [6, 6.07) is 0. The van der Waals surface area contributed by atoms with Crippen molar-refractivity contribution in [1.82, 2.24) is 9.97 Å². The van der Waals surface area contributed by atoms with E-state index in [0.717, 1.165) is 0 Å². The second-order valence-electron chi connectivity index (χ2n) is 4.03. The van der Waals surface area contributed by atoms with E-state index in [9.17, 15) is 19.2 Å². The molecule has 146 valence electrons. The molecular formula is C12H16N2O12. The molecule has 0 aliphatic heterocycles. The molecule has 0 fully saturated rings. The molecule has 0 radical (unpaired) electrons. The molecule has 0 amide bonds. The highest BCUT2D eigenvalue weighted by Gasteiger charge is 2.30. The second-order valence-corrected chi connectivity index (χ2v) is 4.03. The first kappa shape index (κ1) is 25.0. The maximum Gasteiger partial charge on any atom is 0.335 e. The van der Waals surface area contributed by atoms with Crippen LogP contribution in [0.2, 0.25) is 0 Å². The third-order valence-corrected chi connectivity index (χ3v) is 2.09. The Kier molecular flexibility index (Phi) is 12.6. The van der Waals surface area contributed by atoms with Gasteiger partial charge in [0.05, 0.1) is 0 Å². The maximum atomic E-state index is 9.77. The number of carboxylic acids is 4. The Balaban J connectivity index is 0. The molecule has 4 atom stereocenters. The number of nitrogens with zero attached hydrogens (tertiary/aromatic N) is 2. The van der Waals surface area contributed by atoms with Crippen LogP contribution in [0.1, 0.15) is 0 Å². The van der Waals surface area contributed by atoms with Gasteiger partial charge >= 0.3 is 23.9 Å². The quantitative estimate of drug-likeness (QED) is 0.236. The predicted octanol–water partition coefficient (Wildman–Crippen LogP) is -3.77. The Morgan fingerprint density at radius 3 is 0.731 bits per heavy atom. The van der Waals surface area contributed by atoms with Crippen molar-refractivity contribution < 1.29 is 60.0 Å². The Morgan fingerprint density at radius 1 is 0.500 bits per heavy atom. The fourth-order valence-electron chi connectivity index (χ4n) is 0.794. The summed E-state index contributed by atoms with van der Waals surface area (Å²) in [7, 11) is 0. The normalized spacial score (nSPS) is 14.0. The van der Waals surface area contributed by atoms with E-state index in [1.807, 2.05) is 0 Å². The fourth-order valence-corrected chi connectivity index (χ4v) is 0.794. The van der Waals surface area contributed by atoms with Crippen molar-refractivity contribution in [3.05, 3.63) is 24.8 Å². The van der Waals surface area contributed by atoms with Gasteiger partial charge in [0.2, 0.25) is 0 Å². The van der Waals surface area contributed by atoms with Crippen LogP contribution in [0.15, 0.2) is 24.8 Å². The van der Waals surface area contributed by atoms with E-state index in [-0.39, 0.29) is 0 Å². The van der Waals surface area contributed by atoms with Crippen LogP contribution in [0.5, 0.6) is 0 Å². The molecule has 0 unspecified atom stereocenters. The van der Waals surface area contributed by atoms with Crippen LogP contribution < -0.4 is 0 Å². The highest BCUT2D eigenvalue weighted by molar-refractivity contribution is 5.83. The zero-order valence-corrected chi connectivity index (χ0v) is 12.7. The minimum absolute atomic E-state index is 1.64. The molecule has 14 heteroatoms. The summed E-state index contributed by atoms with van der Waals surface area (Å²) in [5.41, 5.74) is 0. The molecule has 0 aromatic carbocycles. The van der Waals surface area contributed by atoms with Crippen molar-refractivity contribution in [3.63, 3.8) is 0 Å². The lowest BCUT2D eigenvalue weighted by Crippen LogP contribution is -2.39. The van der Waals surface area contributed by atoms with Crippen molar-refractivity contribution in [2.45, 2.75) is 24.4 Å². The minimum Gasteiger partial charge on any atom is -0.479 e. The third-order valence-electron chi connectivity index (χ3n) is 2.09. The number of aliphatic carboxylic acids is 4. The highest BCUT2D eigenvalue weighted by atomic mass is 16.4. The van der Waals surface area contributed by atoms with Crippen molar-refractivity contribution in [2.75, 3.05) is 0 Å². The Bertz CT molecular complexity index is 482. The van der Waals surface area contributed by atoms with Crippen molar-refractivity contribution in [1.29, 1.82) is 0 Å². The minimum atomic E-state index is -2.27. The number of hydrogen-bond donors (Lipinski definition) is 8.